The number of benzene rings is 1. The summed E-state index contributed by atoms with van der Waals surface area (Å²) in [7, 11) is 1.64. The van der Waals surface area contributed by atoms with Gasteiger partial charge in [-0.2, -0.15) is 0 Å². The van der Waals surface area contributed by atoms with Crippen LogP contribution in [-0.2, 0) is 17.7 Å². The van der Waals surface area contributed by atoms with E-state index in [-0.39, 0.29) is 12.6 Å². The number of nitrogens with two attached hydrogens (primary N) is 1. The van der Waals surface area contributed by atoms with Crippen LogP contribution in [0.2, 0.25) is 0 Å². The number of aldehydes is 1. The zero-order valence-corrected chi connectivity index (χ0v) is 16.3. The third-order valence-corrected chi connectivity index (χ3v) is 5.16. The molecule has 0 spiro atoms. The van der Waals surface area contributed by atoms with Gasteiger partial charge in [0.2, 0.25) is 0 Å². The van der Waals surface area contributed by atoms with Crippen LogP contribution in [0, 0.1) is 6.92 Å². The standard InChI is InChI=1S/C21H27N3O4/c1-14-16(9-15-3-5-18(27-2)6-4-15)10-17(12-25)19(23-14)11-24(22)20-13-28-8-7-21(20)26/h3-6,10,12,20-21,26H,7-9,11,13,22H2,1-2H3. The van der Waals surface area contributed by atoms with Crippen LogP contribution in [0.4, 0.5) is 0 Å². The van der Waals surface area contributed by atoms with E-state index >= 15 is 0 Å². The normalized spacial score (nSPS) is 19.6. The predicted octanol–water partition coefficient (Wildman–Crippen LogP) is 1.63. The average molecular weight is 385 g/mol. The lowest BCUT2D eigenvalue weighted by molar-refractivity contribution is -0.0648. The molecule has 2 atom stereocenters. The van der Waals surface area contributed by atoms with Crippen LogP contribution in [0.3, 0.4) is 0 Å². The van der Waals surface area contributed by atoms with E-state index in [2.05, 4.69) is 4.98 Å². The number of carbonyl (C=O) groups excluding carboxylic acids is 1. The Bertz CT molecular complexity index is 810. The van der Waals surface area contributed by atoms with E-state index in [1.807, 2.05) is 37.3 Å². The molecule has 3 rings (SSSR count). The SMILES string of the molecule is COc1ccc(Cc2cc(C=O)c(CN(N)C3COCCC3O)nc2C)cc1. The molecule has 2 unspecified atom stereocenters. The van der Waals surface area contributed by atoms with E-state index < -0.39 is 6.10 Å². The summed E-state index contributed by atoms with van der Waals surface area (Å²) in [5, 5.41) is 11.7. The Morgan fingerprint density at radius 1 is 1.39 bits per heavy atom. The van der Waals surface area contributed by atoms with Gasteiger partial charge in [0.05, 0.1) is 38.1 Å². The number of rotatable bonds is 7. The minimum atomic E-state index is -0.547. The maximum Gasteiger partial charge on any atom is 0.151 e. The molecule has 1 aromatic heterocycles. The summed E-state index contributed by atoms with van der Waals surface area (Å²) < 4.78 is 10.6. The first-order valence-corrected chi connectivity index (χ1v) is 9.36. The third kappa shape index (κ3) is 4.74. The van der Waals surface area contributed by atoms with Crippen LogP contribution < -0.4 is 10.6 Å². The Balaban J connectivity index is 1.77. The van der Waals surface area contributed by atoms with Gasteiger partial charge in [0.25, 0.3) is 0 Å². The Morgan fingerprint density at radius 3 is 2.79 bits per heavy atom. The molecule has 3 N–H and O–H groups in total. The predicted molar refractivity (Wildman–Crippen MR) is 105 cm³/mol. The molecule has 2 heterocycles. The van der Waals surface area contributed by atoms with Crippen molar-refractivity contribution in [3.63, 3.8) is 0 Å². The summed E-state index contributed by atoms with van der Waals surface area (Å²) in [5.41, 5.74) is 4.06. The molecular formula is C21H27N3O4. The van der Waals surface area contributed by atoms with Gasteiger partial charge in [0.1, 0.15) is 5.75 Å². The summed E-state index contributed by atoms with van der Waals surface area (Å²) in [5.74, 6) is 6.96. The van der Waals surface area contributed by atoms with Gasteiger partial charge in [-0.1, -0.05) is 12.1 Å². The van der Waals surface area contributed by atoms with Crippen LogP contribution in [0.1, 0.15) is 39.3 Å². The van der Waals surface area contributed by atoms with E-state index in [0.717, 1.165) is 28.9 Å². The van der Waals surface area contributed by atoms with Crippen LogP contribution in [0.15, 0.2) is 30.3 Å². The van der Waals surface area contributed by atoms with Crippen LogP contribution >= 0.6 is 0 Å². The van der Waals surface area contributed by atoms with E-state index in [9.17, 15) is 9.90 Å². The monoisotopic (exact) mass is 385 g/mol. The topological polar surface area (TPSA) is 97.9 Å². The van der Waals surface area contributed by atoms with Crippen molar-refractivity contribution < 1.29 is 19.4 Å². The van der Waals surface area contributed by atoms with Crippen molar-refractivity contribution >= 4 is 6.29 Å². The second-order valence-corrected chi connectivity index (χ2v) is 7.08. The van der Waals surface area contributed by atoms with Gasteiger partial charge < -0.3 is 14.6 Å². The summed E-state index contributed by atoms with van der Waals surface area (Å²) in [6, 6.07) is 9.39. The second kappa shape index (κ2) is 9.25. The minimum Gasteiger partial charge on any atom is -0.497 e. The number of nitrogens with zero attached hydrogens (tertiary/aromatic N) is 2. The van der Waals surface area contributed by atoms with Crippen molar-refractivity contribution in [1.29, 1.82) is 0 Å². The van der Waals surface area contributed by atoms with Crippen molar-refractivity contribution in [1.82, 2.24) is 9.99 Å². The fourth-order valence-corrected chi connectivity index (χ4v) is 3.40. The maximum absolute atomic E-state index is 11.7. The molecule has 1 aromatic carbocycles. The molecule has 2 aromatic rings. The summed E-state index contributed by atoms with van der Waals surface area (Å²) in [6.45, 7) is 3.09. The molecule has 28 heavy (non-hydrogen) atoms. The highest BCUT2D eigenvalue weighted by Crippen LogP contribution is 2.20. The van der Waals surface area contributed by atoms with Gasteiger partial charge in [-0.3, -0.25) is 15.6 Å². The Morgan fingerprint density at radius 2 is 2.14 bits per heavy atom. The lowest BCUT2D eigenvalue weighted by Crippen LogP contribution is -2.52. The maximum atomic E-state index is 11.7. The molecule has 1 saturated heterocycles. The van der Waals surface area contributed by atoms with Gasteiger partial charge in [0.15, 0.2) is 6.29 Å². The minimum absolute atomic E-state index is 0.267. The summed E-state index contributed by atoms with van der Waals surface area (Å²) >= 11 is 0. The molecule has 0 radical (unpaired) electrons. The van der Waals surface area contributed by atoms with Crippen molar-refractivity contribution in [3.05, 3.63) is 58.4 Å². The molecule has 7 heteroatoms. The number of aryl methyl sites for hydroxylation is 1. The van der Waals surface area contributed by atoms with Crippen LogP contribution in [-0.4, -0.2) is 53.9 Å². The fourth-order valence-electron chi connectivity index (χ4n) is 3.40. The number of aliphatic hydroxyl groups is 1. The van der Waals surface area contributed by atoms with Crippen molar-refractivity contribution in [2.75, 3.05) is 20.3 Å². The highest BCUT2D eigenvalue weighted by atomic mass is 16.5. The van der Waals surface area contributed by atoms with Crippen molar-refractivity contribution in [2.24, 2.45) is 5.84 Å². The first-order chi connectivity index (χ1) is 13.5. The summed E-state index contributed by atoms with van der Waals surface area (Å²) in [6.07, 6.45) is 1.48. The largest absolute Gasteiger partial charge is 0.497 e. The van der Waals surface area contributed by atoms with Crippen molar-refractivity contribution in [3.8, 4) is 5.75 Å². The number of carbonyl (C=O) groups is 1. The highest BCUT2D eigenvalue weighted by molar-refractivity contribution is 5.77. The number of ether oxygens (including phenoxy) is 2. The highest BCUT2D eigenvalue weighted by Gasteiger charge is 2.28. The fraction of sp³-hybridized carbons (Fsp3) is 0.429. The van der Waals surface area contributed by atoms with E-state index in [1.54, 1.807) is 7.11 Å². The van der Waals surface area contributed by atoms with Gasteiger partial charge in [-0.25, -0.2) is 5.01 Å². The Hall–Kier alpha value is -2.32. The molecule has 1 fully saturated rings. The number of aliphatic hydroxyl groups excluding tert-OH is 1. The molecule has 0 bridgehead atoms. The van der Waals surface area contributed by atoms with E-state index in [4.69, 9.17) is 15.3 Å². The average Bonchev–Trinajstić information content (AvgIpc) is 2.70. The number of hydrogen-bond donors (Lipinski definition) is 2. The smallest absolute Gasteiger partial charge is 0.151 e. The molecular weight excluding hydrogens is 358 g/mol. The molecule has 150 valence electrons. The van der Waals surface area contributed by atoms with Crippen molar-refractivity contribution in [2.45, 2.75) is 38.5 Å². The summed E-state index contributed by atoms with van der Waals surface area (Å²) in [4.78, 5) is 16.3. The first kappa shape index (κ1) is 20.4. The molecule has 0 saturated carbocycles. The zero-order chi connectivity index (χ0) is 20.1. The van der Waals surface area contributed by atoms with Crippen LogP contribution in [0.5, 0.6) is 5.75 Å². The lowest BCUT2D eigenvalue weighted by Gasteiger charge is -2.34. The van der Waals surface area contributed by atoms with Gasteiger partial charge in [-0.15, -0.1) is 0 Å². The van der Waals surface area contributed by atoms with Gasteiger partial charge in [0, 0.05) is 17.9 Å². The number of pyridine rings is 1. The number of hydrogen-bond acceptors (Lipinski definition) is 7. The number of hydrazine groups is 1. The van der Waals surface area contributed by atoms with Crippen LogP contribution in [0.25, 0.3) is 0 Å². The zero-order valence-electron chi connectivity index (χ0n) is 16.3. The molecule has 0 amide bonds. The third-order valence-electron chi connectivity index (χ3n) is 5.16. The number of aromatic nitrogens is 1. The second-order valence-electron chi connectivity index (χ2n) is 7.08. The Kier molecular flexibility index (Phi) is 6.74. The molecule has 1 aliphatic heterocycles. The molecule has 7 nitrogen and oxygen atoms in total. The first-order valence-electron chi connectivity index (χ1n) is 9.36. The Labute approximate surface area is 165 Å². The number of methoxy groups -OCH3 is 1. The van der Waals surface area contributed by atoms with Gasteiger partial charge >= 0.3 is 0 Å². The van der Waals surface area contributed by atoms with Gasteiger partial charge in [-0.05, 0) is 49.1 Å². The quantitative estimate of drug-likeness (QED) is 0.425. The molecule has 1 aliphatic rings. The molecule has 0 aliphatic carbocycles. The lowest BCUT2D eigenvalue weighted by atomic mass is 10.0. The van der Waals surface area contributed by atoms with E-state index in [0.29, 0.717) is 37.3 Å². The van der Waals surface area contributed by atoms with E-state index in [1.165, 1.54) is 5.01 Å².